The van der Waals surface area contributed by atoms with Crippen LogP contribution in [0.1, 0.15) is 20.3 Å². The number of rotatable bonds is 4. The fraction of sp³-hybridized carbons (Fsp3) is 0.667. The minimum absolute atomic E-state index is 0.0139. The maximum atomic E-state index is 8.32. The highest BCUT2D eigenvalue weighted by atomic mass is 16.5. The second-order valence-corrected chi connectivity index (χ2v) is 1.95. The molecular weight excluding hydrogens is 115 g/mol. The van der Waals surface area contributed by atoms with E-state index in [1.165, 1.54) is 0 Å². The molecular formula is C6H13BO2. The van der Waals surface area contributed by atoms with Gasteiger partial charge in [0.1, 0.15) is 0 Å². The van der Waals surface area contributed by atoms with Gasteiger partial charge in [-0.05, 0) is 13.3 Å². The van der Waals surface area contributed by atoms with Gasteiger partial charge in [0, 0.05) is 0 Å². The van der Waals surface area contributed by atoms with Crippen molar-refractivity contribution in [2.24, 2.45) is 0 Å². The highest BCUT2D eigenvalue weighted by molar-refractivity contribution is 6.15. The molecule has 0 aliphatic rings. The molecule has 0 saturated carbocycles. The van der Waals surface area contributed by atoms with Crippen molar-refractivity contribution in [2.45, 2.75) is 26.4 Å². The van der Waals surface area contributed by atoms with E-state index in [1.54, 1.807) is 0 Å². The first-order chi connectivity index (χ1) is 4.22. The predicted octanol–water partition coefficient (Wildman–Crippen LogP) is 0.617. The average molecular weight is 128 g/mol. The zero-order chi connectivity index (χ0) is 7.28. The minimum Gasteiger partial charge on any atom is -0.430 e. The summed E-state index contributed by atoms with van der Waals surface area (Å²) in [6, 6.07) is 0. The van der Waals surface area contributed by atoms with E-state index >= 15 is 0 Å². The second kappa shape index (κ2) is 4.59. The van der Waals surface area contributed by atoms with Crippen LogP contribution in [0.3, 0.4) is 0 Å². The van der Waals surface area contributed by atoms with E-state index < -0.39 is 0 Å². The summed E-state index contributed by atoms with van der Waals surface area (Å²) in [6.45, 7) is 7.65. The molecule has 0 rings (SSSR count). The van der Waals surface area contributed by atoms with Gasteiger partial charge in [-0.25, -0.2) is 0 Å². The SMILES string of the molecule is C=C(CC)C(C)OBO. The van der Waals surface area contributed by atoms with Crippen LogP contribution in [-0.2, 0) is 4.65 Å². The smallest absolute Gasteiger partial charge is 0.430 e. The van der Waals surface area contributed by atoms with Crippen LogP contribution in [0.4, 0.5) is 0 Å². The van der Waals surface area contributed by atoms with Crippen LogP contribution in [0.15, 0.2) is 12.2 Å². The van der Waals surface area contributed by atoms with E-state index in [-0.39, 0.29) is 13.8 Å². The van der Waals surface area contributed by atoms with Gasteiger partial charge in [0.15, 0.2) is 0 Å². The van der Waals surface area contributed by atoms with Crippen molar-refractivity contribution >= 4 is 7.69 Å². The van der Waals surface area contributed by atoms with Gasteiger partial charge in [-0.2, -0.15) is 0 Å². The lowest BCUT2D eigenvalue weighted by Crippen LogP contribution is -2.12. The van der Waals surface area contributed by atoms with Crippen molar-refractivity contribution < 1.29 is 9.68 Å². The van der Waals surface area contributed by atoms with Gasteiger partial charge in [0.2, 0.25) is 0 Å². The Balaban J connectivity index is 3.45. The fourth-order valence-electron chi connectivity index (χ4n) is 0.517. The van der Waals surface area contributed by atoms with Crippen LogP contribution in [-0.4, -0.2) is 18.8 Å². The zero-order valence-corrected chi connectivity index (χ0v) is 6.05. The quantitative estimate of drug-likeness (QED) is 0.444. The lowest BCUT2D eigenvalue weighted by Gasteiger charge is -2.11. The summed E-state index contributed by atoms with van der Waals surface area (Å²) in [5.74, 6) is 0. The van der Waals surface area contributed by atoms with Crippen molar-refractivity contribution in [2.75, 3.05) is 0 Å². The van der Waals surface area contributed by atoms with E-state index in [1.807, 2.05) is 13.8 Å². The van der Waals surface area contributed by atoms with Crippen molar-refractivity contribution in [3.8, 4) is 0 Å². The third-order valence-electron chi connectivity index (χ3n) is 1.35. The van der Waals surface area contributed by atoms with Crippen LogP contribution in [0.25, 0.3) is 0 Å². The molecule has 0 aliphatic heterocycles. The third kappa shape index (κ3) is 3.33. The molecule has 1 atom stereocenters. The molecule has 2 nitrogen and oxygen atoms in total. The Kier molecular flexibility index (Phi) is 4.45. The highest BCUT2D eigenvalue weighted by Crippen LogP contribution is 2.05. The van der Waals surface area contributed by atoms with Crippen LogP contribution in [0.2, 0.25) is 0 Å². The maximum Gasteiger partial charge on any atom is 0.435 e. The van der Waals surface area contributed by atoms with Gasteiger partial charge in [-0.3, -0.25) is 0 Å². The molecule has 3 heteroatoms. The fourth-order valence-corrected chi connectivity index (χ4v) is 0.517. The van der Waals surface area contributed by atoms with Crippen LogP contribution in [0.5, 0.6) is 0 Å². The third-order valence-corrected chi connectivity index (χ3v) is 1.35. The lowest BCUT2D eigenvalue weighted by molar-refractivity contribution is 0.229. The Morgan fingerprint density at radius 1 is 1.89 bits per heavy atom. The molecule has 0 radical (unpaired) electrons. The van der Waals surface area contributed by atoms with Crippen molar-refractivity contribution in [3.05, 3.63) is 12.2 Å². The maximum absolute atomic E-state index is 8.32. The first-order valence-corrected chi connectivity index (χ1v) is 3.12. The number of hydrogen-bond donors (Lipinski definition) is 1. The van der Waals surface area contributed by atoms with Gasteiger partial charge in [0.25, 0.3) is 0 Å². The summed E-state index contributed by atoms with van der Waals surface area (Å²) in [7, 11) is -0.222. The molecule has 0 heterocycles. The molecule has 0 aromatic heterocycles. The minimum atomic E-state index is -0.222. The van der Waals surface area contributed by atoms with Crippen LogP contribution in [0, 0.1) is 0 Å². The molecule has 0 spiro atoms. The van der Waals surface area contributed by atoms with E-state index in [4.69, 9.17) is 9.68 Å². The highest BCUT2D eigenvalue weighted by Gasteiger charge is 2.02. The summed E-state index contributed by atoms with van der Waals surface area (Å²) >= 11 is 0. The molecule has 1 N–H and O–H groups in total. The molecule has 52 valence electrons. The molecule has 0 aromatic carbocycles. The summed E-state index contributed by atoms with van der Waals surface area (Å²) in [5, 5.41) is 8.32. The Morgan fingerprint density at radius 2 is 2.44 bits per heavy atom. The van der Waals surface area contributed by atoms with Crippen LogP contribution >= 0.6 is 0 Å². The first-order valence-electron chi connectivity index (χ1n) is 3.12. The molecule has 9 heavy (non-hydrogen) atoms. The van der Waals surface area contributed by atoms with Gasteiger partial charge < -0.3 is 9.68 Å². The first kappa shape index (κ1) is 8.72. The van der Waals surface area contributed by atoms with Crippen molar-refractivity contribution in [1.82, 2.24) is 0 Å². The predicted molar refractivity (Wildman–Crippen MR) is 39.3 cm³/mol. The van der Waals surface area contributed by atoms with Crippen LogP contribution < -0.4 is 0 Å². The standard InChI is InChI=1S/C6H13BO2/c1-4-5(2)6(3)9-7-8/h6-8H,2,4H2,1,3H3. The average Bonchev–Trinajstić information content (AvgIpc) is 1.87. The van der Waals surface area contributed by atoms with E-state index in [0.29, 0.717) is 0 Å². The Hall–Kier alpha value is -0.275. The Bertz CT molecular complexity index is 93.1. The summed E-state index contributed by atoms with van der Waals surface area (Å²) < 4.78 is 4.85. The summed E-state index contributed by atoms with van der Waals surface area (Å²) in [6.07, 6.45) is 0.890. The van der Waals surface area contributed by atoms with Crippen molar-refractivity contribution in [1.29, 1.82) is 0 Å². The summed E-state index contributed by atoms with van der Waals surface area (Å²) in [4.78, 5) is 0. The Labute approximate surface area is 56.8 Å². The van der Waals surface area contributed by atoms with E-state index in [9.17, 15) is 0 Å². The number of hydrogen-bond acceptors (Lipinski definition) is 2. The summed E-state index contributed by atoms with van der Waals surface area (Å²) in [5.41, 5.74) is 1.02. The second-order valence-electron chi connectivity index (χ2n) is 1.95. The lowest BCUT2D eigenvalue weighted by atomic mass is 10.1. The molecule has 0 saturated heterocycles. The molecule has 0 amide bonds. The molecule has 0 aliphatic carbocycles. The largest absolute Gasteiger partial charge is 0.435 e. The normalized spacial score (nSPS) is 12.8. The Morgan fingerprint density at radius 3 is 2.78 bits per heavy atom. The van der Waals surface area contributed by atoms with E-state index in [2.05, 4.69) is 6.58 Å². The monoisotopic (exact) mass is 128 g/mol. The van der Waals surface area contributed by atoms with Gasteiger partial charge in [-0.15, -0.1) is 0 Å². The van der Waals surface area contributed by atoms with E-state index in [0.717, 1.165) is 12.0 Å². The molecule has 0 aromatic rings. The zero-order valence-electron chi connectivity index (χ0n) is 6.05. The van der Waals surface area contributed by atoms with Gasteiger partial charge in [-0.1, -0.05) is 19.1 Å². The molecule has 0 fully saturated rings. The van der Waals surface area contributed by atoms with Crippen molar-refractivity contribution in [3.63, 3.8) is 0 Å². The van der Waals surface area contributed by atoms with Gasteiger partial charge in [0.05, 0.1) is 6.10 Å². The topological polar surface area (TPSA) is 29.5 Å². The van der Waals surface area contributed by atoms with Gasteiger partial charge >= 0.3 is 7.69 Å². The molecule has 1 unspecified atom stereocenters. The molecule has 0 bridgehead atoms.